The minimum atomic E-state index is 0.118. The van der Waals surface area contributed by atoms with Crippen LogP contribution in [0.15, 0.2) is 29.9 Å². The molecular weight excluding hydrogens is 300 g/mol. The van der Waals surface area contributed by atoms with Gasteiger partial charge in [0.05, 0.1) is 11.5 Å². The van der Waals surface area contributed by atoms with Crippen molar-refractivity contribution in [1.29, 1.82) is 0 Å². The average Bonchev–Trinajstić information content (AvgIpc) is 3.09. The van der Waals surface area contributed by atoms with Crippen molar-refractivity contribution in [3.05, 3.63) is 34.8 Å². The molecule has 3 rings (SSSR count). The van der Waals surface area contributed by atoms with E-state index in [9.17, 15) is 4.79 Å². The molecule has 2 aromatic heterocycles. The summed E-state index contributed by atoms with van der Waals surface area (Å²) >= 11 is 1.49. The Hall–Kier alpha value is -2.15. The van der Waals surface area contributed by atoms with E-state index in [2.05, 4.69) is 14.9 Å². The summed E-state index contributed by atoms with van der Waals surface area (Å²) in [6.45, 7) is 5.44. The minimum absolute atomic E-state index is 0.118. The summed E-state index contributed by atoms with van der Waals surface area (Å²) in [6.07, 6.45) is 1.52. The lowest BCUT2D eigenvalue weighted by atomic mass is 10.3. The summed E-state index contributed by atoms with van der Waals surface area (Å²) in [5, 5.41) is 1.93. The van der Waals surface area contributed by atoms with Gasteiger partial charge in [-0.3, -0.25) is 4.79 Å². The third-order valence-electron chi connectivity index (χ3n) is 3.54. The second kappa shape index (κ2) is 6.74. The highest BCUT2D eigenvalue weighted by atomic mass is 32.1. The molecule has 2 aromatic rings. The molecule has 0 radical (unpaired) electrons. The molecule has 0 atom stereocenters. The Morgan fingerprint density at radius 1 is 1.32 bits per heavy atom. The zero-order chi connectivity index (χ0) is 15.4. The van der Waals surface area contributed by atoms with Gasteiger partial charge in [0.25, 0.3) is 5.91 Å². The summed E-state index contributed by atoms with van der Waals surface area (Å²) < 4.78 is 5.40. The van der Waals surface area contributed by atoms with Gasteiger partial charge in [0, 0.05) is 32.2 Å². The highest BCUT2D eigenvalue weighted by Gasteiger charge is 2.23. The van der Waals surface area contributed by atoms with Crippen LogP contribution in [0.1, 0.15) is 16.6 Å². The van der Waals surface area contributed by atoms with Crippen LogP contribution in [-0.4, -0.2) is 53.6 Å². The van der Waals surface area contributed by atoms with Crippen molar-refractivity contribution >= 4 is 23.1 Å². The molecule has 1 saturated heterocycles. The summed E-state index contributed by atoms with van der Waals surface area (Å²) in [4.78, 5) is 25.5. The van der Waals surface area contributed by atoms with Crippen molar-refractivity contribution in [3.8, 4) is 5.88 Å². The second-order valence-electron chi connectivity index (χ2n) is 4.90. The first-order valence-electron chi connectivity index (χ1n) is 7.30. The summed E-state index contributed by atoms with van der Waals surface area (Å²) in [7, 11) is 0. The highest BCUT2D eigenvalue weighted by molar-refractivity contribution is 7.12. The molecule has 0 aliphatic carbocycles. The Morgan fingerprint density at radius 3 is 2.82 bits per heavy atom. The number of piperazine rings is 1. The Morgan fingerprint density at radius 2 is 2.14 bits per heavy atom. The number of aromatic nitrogens is 2. The zero-order valence-electron chi connectivity index (χ0n) is 12.4. The lowest BCUT2D eigenvalue weighted by molar-refractivity contribution is 0.0751. The Labute approximate surface area is 133 Å². The van der Waals surface area contributed by atoms with E-state index in [1.165, 1.54) is 17.7 Å². The number of nitrogens with zero attached hydrogens (tertiary/aromatic N) is 4. The summed E-state index contributed by atoms with van der Waals surface area (Å²) in [5.74, 6) is 1.55. The van der Waals surface area contributed by atoms with E-state index in [0.717, 1.165) is 23.8 Å². The first-order chi connectivity index (χ1) is 10.8. The number of anilines is 1. The number of thiophene rings is 1. The molecule has 22 heavy (non-hydrogen) atoms. The maximum Gasteiger partial charge on any atom is 0.264 e. The van der Waals surface area contributed by atoms with E-state index in [4.69, 9.17) is 4.74 Å². The number of rotatable bonds is 4. The summed E-state index contributed by atoms with van der Waals surface area (Å²) in [6, 6.07) is 5.63. The zero-order valence-corrected chi connectivity index (χ0v) is 13.3. The van der Waals surface area contributed by atoms with Crippen molar-refractivity contribution in [2.24, 2.45) is 0 Å². The van der Waals surface area contributed by atoms with Gasteiger partial charge in [0.2, 0.25) is 5.88 Å². The van der Waals surface area contributed by atoms with E-state index >= 15 is 0 Å². The molecule has 0 unspecified atom stereocenters. The maximum atomic E-state index is 12.3. The number of amides is 1. The molecular formula is C15H18N4O2S. The fourth-order valence-electron chi connectivity index (χ4n) is 2.42. The molecule has 0 bridgehead atoms. The number of carbonyl (C=O) groups is 1. The van der Waals surface area contributed by atoms with Crippen LogP contribution in [0.3, 0.4) is 0 Å². The Bertz CT molecular complexity index is 624. The van der Waals surface area contributed by atoms with Crippen molar-refractivity contribution in [1.82, 2.24) is 14.9 Å². The van der Waals surface area contributed by atoms with Crippen molar-refractivity contribution in [2.75, 3.05) is 37.7 Å². The van der Waals surface area contributed by atoms with Gasteiger partial charge in [-0.15, -0.1) is 11.3 Å². The standard InChI is InChI=1S/C15H18N4O2S/c1-2-21-14-10-13(16-11-17-14)18-5-7-19(8-6-18)15(20)12-4-3-9-22-12/h3-4,9-11H,2,5-8H2,1H3. The molecule has 7 heteroatoms. The molecule has 6 nitrogen and oxygen atoms in total. The normalized spacial score (nSPS) is 15.0. The Kier molecular flexibility index (Phi) is 4.53. The van der Waals surface area contributed by atoms with Crippen molar-refractivity contribution < 1.29 is 9.53 Å². The van der Waals surface area contributed by atoms with Crippen LogP contribution in [0.25, 0.3) is 0 Å². The van der Waals surface area contributed by atoms with Gasteiger partial charge >= 0.3 is 0 Å². The van der Waals surface area contributed by atoms with Crippen LogP contribution in [0.5, 0.6) is 5.88 Å². The van der Waals surface area contributed by atoms with E-state index in [0.29, 0.717) is 25.6 Å². The Balaban J connectivity index is 1.62. The van der Waals surface area contributed by atoms with Crippen LogP contribution in [0.4, 0.5) is 5.82 Å². The van der Waals surface area contributed by atoms with Gasteiger partial charge in [0.15, 0.2) is 0 Å². The average molecular weight is 318 g/mol. The smallest absolute Gasteiger partial charge is 0.264 e. The topological polar surface area (TPSA) is 58.6 Å². The molecule has 1 aliphatic rings. The van der Waals surface area contributed by atoms with Gasteiger partial charge in [-0.25, -0.2) is 9.97 Å². The second-order valence-corrected chi connectivity index (χ2v) is 5.85. The van der Waals surface area contributed by atoms with Crippen molar-refractivity contribution in [2.45, 2.75) is 6.92 Å². The molecule has 1 amide bonds. The van der Waals surface area contributed by atoms with Crippen LogP contribution < -0.4 is 9.64 Å². The lowest BCUT2D eigenvalue weighted by Gasteiger charge is -2.35. The van der Waals surface area contributed by atoms with Crippen molar-refractivity contribution in [3.63, 3.8) is 0 Å². The monoisotopic (exact) mass is 318 g/mol. The number of ether oxygens (including phenoxy) is 1. The van der Waals surface area contributed by atoms with E-state index < -0.39 is 0 Å². The quantitative estimate of drug-likeness (QED) is 0.862. The van der Waals surface area contributed by atoms with Gasteiger partial charge in [-0.2, -0.15) is 0 Å². The lowest BCUT2D eigenvalue weighted by Crippen LogP contribution is -2.48. The number of carbonyl (C=O) groups excluding carboxylic acids is 1. The fourth-order valence-corrected chi connectivity index (χ4v) is 3.12. The fraction of sp³-hybridized carbons (Fsp3) is 0.400. The van der Waals surface area contributed by atoms with Crippen LogP contribution in [0, 0.1) is 0 Å². The summed E-state index contributed by atoms with van der Waals surface area (Å²) in [5.41, 5.74) is 0. The molecule has 3 heterocycles. The van der Waals surface area contributed by atoms with Gasteiger partial charge in [-0.05, 0) is 18.4 Å². The molecule has 0 spiro atoms. The van der Waals surface area contributed by atoms with Gasteiger partial charge < -0.3 is 14.5 Å². The third kappa shape index (κ3) is 3.19. The highest BCUT2D eigenvalue weighted by Crippen LogP contribution is 2.19. The van der Waals surface area contributed by atoms with E-state index in [1.54, 1.807) is 0 Å². The predicted octanol–water partition coefficient (Wildman–Crippen LogP) is 1.90. The van der Waals surface area contributed by atoms with Crippen LogP contribution >= 0.6 is 11.3 Å². The molecule has 0 aromatic carbocycles. The molecule has 1 fully saturated rings. The molecule has 0 saturated carbocycles. The number of hydrogen-bond acceptors (Lipinski definition) is 6. The van der Waals surface area contributed by atoms with Gasteiger partial charge in [0.1, 0.15) is 12.1 Å². The van der Waals surface area contributed by atoms with Gasteiger partial charge in [-0.1, -0.05) is 6.07 Å². The molecule has 116 valence electrons. The molecule has 1 aliphatic heterocycles. The predicted molar refractivity (Wildman–Crippen MR) is 85.6 cm³/mol. The van der Waals surface area contributed by atoms with Crippen LogP contribution in [-0.2, 0) is 0 Å². The first kappa shape index (κ1) is 14.8. The first-order valence-corrected chi connectivity index (χ1v) is 8.18. The van der Waals surface area contributed by atoms with E-state index in [1.807, 2.05) is 35.4 Å². The molecule has 0 N–H and O–H groups in total. The SMILES string of the molecule is CCOc1cc(N2CCN(C(=O)c3cccs3)CC2)ncn1. The van der Waals surface area contributed by atoms with E-state index in [-0.39, 0.29) is 5.91 Å². The van der Waals surface area contributed by atoms with Crippen LogP contribution in [0.2, 0.25) is 0 Å². The third-order valence-corrected chi connectivity index (χ3v) is 4.40. The number of hydrogen-bond donors (Lipinski definition) is 0. The maximum absolute atomic E-state index is 12.3. The minimum Gasteiger partial charge on any atom is -0.478 e. The largest absolute Gasteiger partial charge is 0.478 e.